The van der Waals surface area contributed by atoms with E-state index in [0.29, 0.717) is 18.5 Å². The molecule has 0 fully saturated rings. The van der Waals surface area contributed by atoms with Crippen LogP contribution in [0.5, 0.6) is 5.75 Å². The third-order valence-electron chi connectivity index (χ3n) is 1.69. The number of nitrogens with one attached hydrogen (secondary N) is 1. The van der Waals surface area contributed by atoms with E-state index in [4.69, 9.17) is 10.9 Å². The SMILES string of the molecule is NNCCC(=O)c1ccc(O)cc1. The van der Waals surface area contributed by atoms with Gasteiger partial charge in [0.05, 0.1) is 0 Å². The molecular weight excluding hydrogens is 168 g/mol. The number of hydrazine groups is 1. The maximum Gasteiger partial charge on any atom is 0.164 e. The third kappa shape index (κ3) is 2.85. The molecule has 0 aliphatic rings. The zero-order valence-corrected chi connectivity index (χ0v) is 7.16. The lowest BCUT2D eigenvalue weighted by molar-refractivity contribution is 0.0982. The Hall–Kier alpha value is -1.39. The van der Waals surface area contributed by atoms with Crippen LogP contribution in [0.25, 0.3) is 0 Å². The van der Waals surface area contributed by atoms with E-state index in [-0.39, 0.29) is 11.5 Å². The Kier molecular flexibility index (Phi) is 3.42. The van der Waals surface area contributed by atoms with Crippen molar-refractivity contribution in [2.45, 2.75) is 6.42 Å². The second-order valence-electron chi connectivity index (χ2n) is 2.67. The van der Waals surface area contributed by atoms with Gasteiger partial charge in [0, 0.05) is 18.5 Å². The van der Waals surface area contributed by atoms with Crippen LogP contribution in [0.3, 0.4) is 0 Å². The van der Waals surface area contributed by atoms with Gasteiger partial charge < -0.3 is 5.11 Å². The van der Waals surface area contributed by atoms with E-state index in [2.05, 4.69) is 5.43 Å². The molecular formula is C9H12N2O2. The van der Waals surface area contributed by atoms with Crippen molar-refractivity contribution in [3.8, 4) is 5.75 Å². The first-order valence-electron chi connectivity index (χ1n) is 3.99. The summed E-state index contributed by atoms with van der Waals surface area (Å²) in [5.41, 5.74) is 3.00. The zero-order valence-electron chi connectivity index (χ0n) is 7.16. The summed E-state index contributed by atoms with van der Waals surface area (Å²) in [7, 11) is 0. The van der Waals surface area contributed by atoms with E-state index in [1.807, 2.05) is 0 Å². The first-order chi connectivity index (χ1) is 6.24. The number of rotatable bonds is 4. The van der Waals surface area contributed by atoms with Crippen LogP contribution in [0.2, 0.25) is 0 Å². The van der Waals surface area contributed by atoms with E-state index in [1.54, 1.807) is 12.1 Å². The molecule has 0 saturated carbocycles. The Morgan fingerprint density at radius 1 is 1.38 bits per heavy atom. The molecule has 0 heterocycles. The smallest absolute Gasteiger partial charge is 0.164 e. The fourth-order valence-corrected chi connectivity index (χ4v) is 0.977. The van der Waals surface area contributed by atoms with Crippen LogP contribution in [-0.4, -0.2) is 17.4 Å². The minimum atomic E-state index is 0.0120. The minimum absolute atomic E-state index is 0.0120. The fourth-order valence-electron chi connectivity index (χ4n) is 0.977. The lowest BCUT2D eigenvalue weighted by Gasteiger charge is -2.00. The number of benzene rings is 1. The third-order valence-corrected chi connectivity index (χ3v) is 1.69. The van der Waals surface area contributed by atoms with Crippen molar-refractivity contribution in [1.82, 2.24) is 5.43 Å². The maximum atomic E-state index is 11.3. The highest BCUT2D eigenvalue weighted by Crippen LogP contribution is 2.10. The van der Waals surface area contributed by atoms with Gasteiger partial charge >= 0.3 is 0 Å². The summed E-state index contributed by atoms with van der Waals surface area (Å²) in [6.45, 7) is 0.458. The van der Waals surface area contributed by atoms with Crippen molar-refractivity contribution in [2.24, 2.45) is 5.84 Å². The van der Waals surface area contributed by atoms with Gasteiger partial charge in [0.1, 0.15) is 5.75 Å². The van der Waals surface area contributed by atoms with Crippen molar-refractivity contribution >= 4 is 5.78 Å². The number of phenolic OH excluding ortho intramolecular Hbond substituents is 1. The molecule has 0 bridgehead atoms. The van der Waals surface area contributed by atoms with E-state index in [1.165, 1.54) is 12.1 Å². The van der Waals surface area contributed by atoms with E-state index >= 15 is 0 Å². The Bertz CT molecular complexity index is 282. The molecule has 0 aromatic heterocycles. The molecule has 0 saturated heterocycles. The molecule has 4 nitrogen and oxygen atoms in total. The molecule has 4 heteroatoms. The van der Waals surface area contributed by atoms with Crippen LogP contribution in [0.15, 0.2) is 24.3 Å². The summed E-state index contributed by atoms with van der Waals surface area (Å²) in [6.07, 6.45) is 0.362. The quantitative estimate of drug-likeness (QED) is 0.357. The van der Waals surface area contributed by atoms with E-state index < -0.39 is 0 Å². The minimum Gasteiger partial charge on any atom is -0.508 e. The predicted octanol–water partition coefficient (Wildman–Crippen LogP) is 0.428. The predicted molar refractivity (Wildman–Crippen MR) is 49.2 cm³/mol. The van der Waals surface area contributed by atoms with Gasteiger partial charge in [-0.3, -0.25) is 16.1 Å². The molecule has 1 aromatic rings. The number of carbonyl (C=O) groups excluding carboxylic acids is 1. The summed E-state index contributed by atoms with van der Waals surface area (Å²) in [4.78, 5) is 11.3. The van der Waals surface area contributed by atoms with Crippen LogP contribution < -0.4 is 11.3 Å². The number of Topliss-reactive ketones (excluding diaryl/α,β-unsaturated/α-hetero) is 1. The van der Waals surface area contributed by atoms with E-state index in [9.17, 15) is 4.79 Å². The number of carbonyl (C=O) groups is 1. The van der Waals surface area contributed by atoms with Crippen LogP contribution in [0.1, 0.15) is 16.8 Å². The molecule has 0 spiro atoms. The standard InChI is InChI=1S/C9H12N2O2/c10-11-6-5-9(13)7-1-3-8(12)4-2-7/h1-4,11-12H,5-6,10H2. The normalized spacial score (nSPS) is 9.92. The highest BCUT2D eigenvalue weighted by Gasteiger charge is 2.03. The molecule has 1 rings (SSSR count). The second-order valence-corrected chi connectivity index (χ2v) is 2.67. The molecule has 13 heavy (non-hydrogen) atoms. The molecule has 0 aliphatic carbocycles. The number of phenols is 1. The Morgan fingerprint density at radius 3 is 2.54 bits per heavy atom. The van der Waals surface area contributed by atoms with Crippen LogP contribution in [0, 0.1) is 0 Å². The number of nitrogens with two attached hydrogens (primary N) is 1. The molecule has 0 amide bonds. The molecule has 0 radical (unpaired) electrons. The maximum absolute atomic E-state index is 11.3. The van der Waals surface area contributed by atoms with Gasteiger partial charge in [0.25, 0.3) is 0 Å². The lowest BCUT2D eigenvalue weighted by atomic mass is 10.1. The fraction of sp³-hybridized carbons (Fsp3) is 0.222. The first kappa shape index (κ1) is 9.70. The zero-order chi connectivity index (χ0) is 9.68. The second kappa shape index (κ2) is 4.59. The summed E-state index contributed by atoms with van der Waals surface area (Å²) in [5.74, 6) is 5.21. The van der Waals surface area contributed by atoms with Crippen LogP contribution in [-0.2, 0) is 0 Å². The van der Waals surface area contributed by atoms with Gasteiger partial charge in [0.15, 0.2) is 5.78 Å². The summed E-state index contributed by atoms with van der Waals surface area (Å²) >= 11 is 0. The molecule has 0 aliphatic heterocycles. The van der Waals surface area contributed by atoms with Crippen molar-refractivity contribution < 1.29 is 9.90 Å². The average Bonchev–Trinajstić information content (AvgIpc) is 2.15. The van der Waals surface area contributed by atoms with Gasteiger partial charge in [0.2, 0.25) is 0 Å². The van der Waals surface area contributed by atoms with Crippen molar-refractivity contribution in [3.63, 3.8) is 0 Å². The highest BCUT2D eigenvalue weighted by molar-refractivity contribution is 5.96. The Labute approximate surface area is 76.3 Å². The number of aromatic hydroxyl groups is 1. The highest BCUT2D eigenvalue weighted by atomic mass is 16.3. The largest absolute Gasteiger partial charge is 0.508 e. The van der Waals surface area contributed by atoms with Gasteiger partial charge in [-0.05, 0) is 24.3 Å². The number of hydrogen-bond acceptors (Lipinski definition) is 4. The first-order valence-corrected chi connectivity index (χ1v) is 3.99. The average molecular weight is 180 g/mol. The lowest BCUT2D eigenvalue weighted by Crippen LogP contribution is -2.24. The Morgan fingerprint density at radius 2 is 2.00 bits per heavy atom. The molecule has 4 N–H and O–H groups in total. The van der Waals surface area contributed by atoms with Crippen molar-refractivity contribution in [2.75, 3.05) is 6.54 Å². The molecule has 1 aromatic carbocycles. The van der Waals surface area contributed by atoms with Gasteiger partial charge in [-0.25, -0.2) is 0 Å². The summed E-state index contributed by atoms with van der Waals surface area (Å²) < 4.78 is 0. The number of ketones is 1. The molecule has 70 valence electrons. The van der Waals surface area contributed by atoms with Gasteiger partial charge in [-0.1, -0.05) is 0 Å². The summed E-state index contributed by atoms with van der Waals surface area (Å²) in [5, 5.41) is 8.97. The van der Waals surface area contributed by atoms with Crippen molar-refractivity contribution in [3.05, 3.63) is 29.8 Å². The van der Waals surface area contributed by atoms with Crippen LogP contribution in [0.4, 0.5) is 0 Å². The van der Waals surface area contributed by atoms with Crippen molar-refractivity contribution in [1.29, 1.82) is 0 Å². The number of hydrogen-bond donors (Lipinski definition) is 3. The van der Waals surface area contributed by atoms with Gasteiger partial charge in [-0.2, -0.15) is 0 Å². The topological polar surface area (TPSA) is 75.3 Å². The Balaban J connectivity index is 2.61. The summed E-state index contributed by atoms with van der Waals surface area (Å²) in [6, 6.07) is 6.16. The monoisotopic (exact) mass is 180 g/mol. The van der Waals surface area contributed by atoms with Gasteiger partial charge in [-0.15, -0.1) is 0 Å². The van der Waals surface area contributed by atoms with Crippen LogP contribution >= 0.6 is 0 Å². The molecule has 0 atom stereocenters. The van der Waals surface area contributed by atoms with E-state index in [0.717, 1.165) is 0 Å². The molecule has 0 unspecified atom stereocenters.